The number of thiophene rings is 1. The van der Waals surface area contributed by atoms with E-state index in [2.05, 4.69) is 0 Å². The number of carbonyl (C=O) groups is 1. The maximum absolute atomic E-state index is 13.8. The number of carbonyl (C=O) groups excluding carboxylic acids is 1. The summed E-state index contributed by atoms with van der Waals surface area (Å²) in [5.41, 5.74) is 0.524. The molecular weight excluding hydrogens is 289 g/mol. The summed E-state index contributed by atoms with van der Waals surface area (Å²) >= 11 is 1.31. The highest BCUT2D eigenvalue weighted by atomic mass is 32.1. The fourth-order valence-corrected chi connectivity index (χ4v) is 3.58. The molecule has 3 rings (SSSR count). The molecule has 21 heavy (non-hydrogen) atoms. The molecule has 1 atom stereocenters. The minimum atomic E-state index is -0.278. The van der Waals surface area contributed by atoms with Gasteiger partial charge in [0.2, 0.25) is 0 Å². The van der Waals surface area contributed by atoms with E-state index in [1.807, 2.05) is 0 Å². The first-order valence-corrected chi connectivity index (χ1v) is 7.75. The van der Waals surface area contributed by atoms with Crippen LogP contribution in [0.2, 0.25) is 0 Å². The lowest BCUT2D eigenvalue weighted by atomic mass is 10.1. The second kappa shape index (κ2) is 5.95. The standard InChI is InChI=1S/C16H16FNO2S/c17-13-4-2-1-3-12(13)14-5-6-15(21-14)16(20)18-8-7-11(9-18)10-19/h1-6,11,19H,7-10H2. The van der Waals surface area contributed by atoms with Crippen molar-refractivity contribution < 1.29 is 14.3 Å². The lowest BCUT2D eigenvalue weighted by molar-refractivity contribution is 0.0786. The first kappa shape index (κ1) is 14.2. The number of hydrogen-bond donors (Lipinski definition) is 1. The van der Waals surface area contributed by atoms with Crippen LogP contribution in [-0.2, 0) is 0 Å². The van der Waals surface area contributed by atoms with Crippen molar-refractivity contribution in [2.24, 2.45) is 5.92 Å². The van der Waals surface area contributed by atoms with Crippen molar-refractivity contribution in [1.29, 1.82) is 0 Å². The molecule has 1 fully saturated rings. The van der Waals surface area contributed by atoms with Gasteiger partial charge in [0.1, 0.15) is 5.82 Å². The highest BCUT2D eigenvalue weighted by Gasteiger charge is 2.27. The Balaban J connectivity index is 1.79. The number of benzene rings is 1. The fraction of sp³-hybridized carbons (Fsp3) is 0.312. The average molecular weight is 305 g/mol. The van der Waals surface area contributed by atoms with Crippen molar-refractivity contribution in [2.45, 2.75) is 6.42 Å². The molecule has 2 aromatic rings. The number of halogens is 1. The van der Waals surface area contributed by atoms with E-state index in [0.29, 0.717) is 23.5 Å². The van der Waals surface area contributed by atoms with Gasteiger partial charge in [-0.3, -0.25) is 4.79 Å². The zero-order chi connectivity index (χ0) is 14.8. The third kappa shape index (κ3) is 2.84. The van der Waals surface area contributed by atoms with E-state index in [1.165, 1.54) is 17.4 Å². The van der Waals surface area contributed by atoms with Crippen molar-refractivity contribution in [3.05, 3.63) is 47.1 Å². The molecule has 0 bridgehead atoms. The molecule has 2 heterocycles. The number of nitrogens with zero attached hydrogens (tertiary/aromatic N) is 1. The van der Waals surface area contributed by atoms with Crippen LogP contribution >= 0.6 is 11.3 Å². The summed E-state index contributed by atoms with van der Waals surface area (Å²) in [6, 6.07) is 10.1. The summed E-state index contributed by atoms with van der Waals surface area (Å²) in [5.74, 6) is -0.127. The van der Waals surface area contributed by atoms with Gasteiger partial charge in [0, 0.05) is 36.1 Å². The Bertz CT molecular complexity index is 655. The van der Waals surface area contributed by atoms with Crippen molar-refractivity contribution in [1.82, 2.24) is 4.90 Å². The molecule has 1 N–H and O–H groups in total. The normalized spacial score (nSPS) is 18.2. The third-order valence-corrected chi connectivity index (χ3v) is 4.89. The van der Waals surface area contributed by atoms with Gasteiger partial charge in [0.15, 0.2) is 0 Å². The molecule has 1 aliphatic rings. The largest absolute Gasteiger partial charge is 0.396 e. The van der Waals surface area contributed by atoms with Gasteiger partial charge < -0.3 is 10.0 Å². The summed E-state index contributed by atoms with van der Waals surface area (Å²) in [7, 11) is 0. The molecule has 0 saturated carbocycles. The van der Waals surface area contributed by atoms with Crippen molar-refractivity contribution in [3.8, 4) is 10.4 Å². The van der Waals surface area contributed by atoms with Gasteiger partial charge in [-0.15, -0.1) is 11.3 Å². The first-order chi connectivity index (χ1) is 10.2. The maximum Gasteiger partial charge on any atom is 0.263 e. The molecule has 0 spiro atoms. The summed E-state index contributed by atoms with van der Waals surface area (Å²) in [5, 5.41) is 9.14. The quantitative estimate of drug-likeness (QED) is 0.947. The first-order valence-electron chi connectivity index (χ1n) is 6.94. The van der Waals surface area contributed by atoms with Gasteiger partial charge in [0.25, 0.3) is 5.91 Å². The van der Waals surface area contributed by atoms with E-state index in [-0.39, 0.29) is 24.2 Å². The monoisotopic (exact) mass is 305 g/mol. The van der Waals surface area contributed by atoms with Gasteiger partial charge in [-0.2, -0.15) is 0 Å². The molecule has 0 radical (unpaired) electrons. The Hall–Kier alpha value is -1.72. The topological polar surface area (TPSA) is 40.5 Å². The van der Waals surface area contributed by atoms with E-state index in [4.69, 9.17) is 5.11 Å². The second-order valence-corrected chi connectivity index (χ2v) is 6.32. The van der Waals surface area contributed by atoms with E-state index in [1.54, 1.807) is 35.2 Å². The predicted octanol–water partition coefficient (Wildman–Crippen LogP) is 3.01. The smallest absolute Gasteiger partial charge is 0.263 e. The Morgan fingerprint density at radius 2 is 2.14 bits per heavy atom. The van der Waals surface area contributed by atoms with Crippen LogP contribution in [-0.4, -0.2) is 35.6 Å². The fourth-order valence-electron chi connectivity index (χ4n) is 2.58. The molecule has 1 amide bonds. The predicted molar refractivity (Wildman–Crippen MR) is 80.8 cm³/mol. The van der Waals surface area contributed by atoms with Crippen LogP contribution in [0.1, 0.15) is 16.1 Å². The molecule has 1 saturated heterocycles. The minimum Gasteiger partial charge on any atom is -0.396 e. The van der Waals surface area contributed by atoms with Gasteiger partial charge in [-0.25, -0.2) is 4.39 Å². The molecule has 5 heteroatoms. The van der Waals surface area contributed by atoms with Crippen LogP contribution in [0.15, 0.2) is 36.4 Å². The van der Waals surface area contributed by atoms with Crippen molar-refractivity contribution >= 4 is 17.2 Å². The average Bonchev–Trinajstić information content (AvgIpc) is 3.16. The number of hydrogen-bond acceptors (Lipinski definition) is 3. The highest BCUT2D eigenvalue weighted by Crippen LogP contribution is 2.31. The Morgan fingerprint density at radius 3 is 2.86 bits per heavy atom. The summed E-state index contributed by atoms with van der Waals surface area (Å²) < 4.78 is 13.8. The van der Waals surface area contributed by atoms with Gasteiger partial charge in [0.05, 0.1) is 4.88 Å². The van der Waals surface area contributed by atoms with Crippen molar-refractivity contribution in [2.75, 3.05) is 19.7 Å². The van der Waals surface area contributed by atoms with Crippen LogP contribution in [0.5, 0.6) is 0 Å². The summed E-state index contributed by atoms with van der Waals surface area (Å²) in [6.07, 6.45) is 0.841. The van der Waals surface area contributed by atoms with Gasteiger partial charge >= 0.3 is 0 Å². The molecule has 1 unspecified atom stereocenters. The van der Waals surface area contributed by atoms with E-state index in [0.717, 1.165) is 11.3 Å². The van der Waals surface area contributed by atoms with Crippen LogP contribution in [0.25, 0.3) is 10.4 Å². The number of aliphatic hydroxyl groups excluding tert-OH is 1. The summed E-state index contributed by atoms with van der Waals surface area (Å²) in [6.45, 7) is 1.40. The number of aliphatic hydroxyl groups is 1. The van der Waals surface area contributed by atoms with E-state index < -0.39 is 0 Å². The molecule has 3 nitrogen and oxygen atoms in total. The minimum absolute atomic E-state index is 0.0291. The molecular formula is C16H16FNO2S. The molecule has 0 aliphatic carbocycles. The number of likely N-dealkylation sites (tertiary alicyclic amines) is 1. The van der Waals surface area contributed by atoms with Crippen molar-refractivity contribution in [3.63, 3.8) is 0 Å². The summed E-state index contributed by atoms with van der Waals surface area (Å²) in [4.78, 5) is 15.5. The Kier molecular flexibility index (Phi) is 4.03. The van der Waals surface area contributed by atoms with Crippen LogP contribution in [0.4, 0.5) is 4.39 Å². The highest BCUT2D eigenvalue weighted by molar-refractivity contribution is 7.17. The number of rotatable bonds is 3. The number of amides is 1. The Morgan fingerprint density at radius 1 is 1.33 bits per heavy atom. The lowest BCUT2D eigenvalue weighted by Crippen LogP contribution is -2.28. The zero-order valence-corrected chi connectivity index (χ0v) is 12.3. The second-order valence-electron chi connectivity index (χ2n) is 5.23. The molecule has 1 aliphatic heterocycles. The van der Waals surface area contributed by atoms with E-state index in [9.17, 15) is 9.18 Å². The Labute approximate surface area is 126 Å². The molecule has 110 valence electrons. The van der Waals surface area contributed by atoms with Crippen LogP contribution in [0, 0.1) is 11.7 Å². The van der Waals surface area contributed by atoms with Crippen LogP contribution < -0.4 is 0 Å². The van der Waals surface area contributed by atoms with Crippen LogP contribution in [0.3, 0.4) is 0 Å². The maximum atomic E-state index is 13.8. The SMILES string of the molecule is O=C(c1ccc(-c2ccccc2F)s1)N1CCC(CO)C1. The third-order valence-electron chi connectivity index (χ3n) is 3.79. The molecule has 1 aromatic carbocycles. The van der Waals surface area contributed by atoms with E-state index >= 15 is 0 Å². The lowest BCUT2D eigenvalue weighted by Gasteiger charge is -2.14. The van der Waals surface area contributed by atoms with Gasteiger partial charge in [-0.05, 0) is 24.6 Å². The zero-order valence-electron chi connectivity index (χ0n) is 11.5. The molecule has 1 aromatic heterocycles. The van der Waals surface area contributed by atoms with Gasteiger partial charge in [-0.1, -0.05) is 18.2 Å².